The lowest BCUT2D eigenvalue weighted by atomic mass is 9.52. The van der Waals surface area contributed by atoms with Crippen molar-refractivity contribution in [3.8, 4) is 0 Å². The molecule has 34 heavy (non-hydrogen) atoms. The van der Waals surface area contributed by atoms with Crippen LogP contribution < -0.4 is 10.2 Å². The molecule has 5 saturated carbocycles. The predicted molar refractivity (Wildman–Crippen MR) is 130 cm³/mol. The minimum absolute atomic E-state index is 0.0862. The second-order valence-electron chi connectivity index (χ2n) is 11.6. The molecule has 1 saturated heterocycles. The van der Waals surface area contributed by atoms with Crippen LogP contribution in [0.2, 0.25) is 0 Å². The van der Waals surface area contributed by atoms with Gasteiger partial charge in [0.15, 0.2) is 0 Å². The number of nitrogens with zero attached hydrogens (tertiary/aromatic N) is 2. The van der Waals surface area contributed by atoms with Gasteiger partial charge in [0.25, 0.3) is 5.91 Å². The number of aliphatic carboxylic acids is 1. The molecular weight excluding hydrogens is 450 g/mol. The molecule has 7 nitrogen and oxygen atoms in total. The van der Waals surface area contributed by atoms with E-state index in [-0.39, 0.29) is 17.9 Å². The normalized spacial score (nSPS) is 36.9. The van der Waals surface area contributed by atoms with Crippen LogP contribution in [0.1, 0.15) is 92.6 Å². The van der Waals surface area contributed by atoms with Crippen molar-refractivity contribution in [1.82, 2.24) is 10.3 Å². The van der Waals surface area contributed by atoms with Gasteiger partial charge < -0.3 is 20.4 Å². The first-order chi connectivity index (χ1) is 16.3. The van der Waals surface area contributed by atoms with E-state index in [1.54, 1.807) is 0 Å². The Kier molecular flexibility index (Phi) is 5.60. The summed E-state index contributed by atoms with van der Waals surface area (Å²) in [5.74, 6) is 1.19. The van der Waals surface area contributed by atoms with Gasteiger partial charge in [0.1, 0.15) is 11.9 Å². The van der Waals surface area contributed by atoms with Crippen LogP contribution in [0, 0.1) is 17.8 Å². The van der Waals surface area contributed by atoms with Gasteiger partial charge in [-0.2, -0.15) is 0 Å². The summed E-state index contributed by atoms with van der Waals surface area (Å²) < 4.78 is 0. The Labute approximate surface area is 206 Å². The predicted octanol–water partition coefficient (Wildman–Crippen LogP) is 3.75. The zero-order valence-corrected chi connectivity index (χ0v) is 20.5. The average Bonchev–Trinajstić information content (AvgIpc) is 3.47. The quantitative estimate of drug-likeness (QED) is 0.474. The molecule has 0 spiro atoms. The first-order valence-corrected chi connectivity index (χ1v) is 13.5. The summed E-state index contributed by atoms with van der Waals surface area (Å²) in [5, 5.41) is 24.0. The van der Waals surface area contributed by atoms with Gasteiger partial charge in [-0.05, 0) is 81.6 Å². The average molecular weight is 486 g/mol. The van der Waals surface area contributed by atoms with E-state index in [4.69, 9.17) is 4.98 Å². The standard InChI is InChI=1S/C26H35N3O4S/c30-24(28-21-16-8-14-9-17(21)13-26(33,11-14)12-16)18-10-20(34)23(27-22(18)15-4-1-2-5-15)29-7-3-6-19(29)25(31)32/h10,14-17,19,21,33-34H,1-9,11-13H2,(H,28,30)(H,31,32)/t14?,16?,17?,19-,21?,26?/m0/s1. The molecule has 1 aromatic heterocycles. The minimum Gasteiger partial charge on any atom is -0.480 e. The summed E-state index contributed by atoms with van der Waals surface area (Å²) in [7, 11) is 0. The molecule has 1 aromatic rings. The molecule has 1 amide bonds. The van der Waals surface area contributed by atoms with Crippen molar-refractivity contribution in [3.63, 3.8) is 0 Å². The number of amides is 1. The number of thiol groups is 1. The van der Waals surface area contributed by atoms with Crippen LogP contribution in [-0.4, -0.2) is 51.3 Å². The number of hydrogen-bond acceptors (Lipinski definition) is 6. The number of hydrogen-bond donors (Lipinski definition) is 4. The molecule has 4 bridgehead atoms. The maximum absolute atomic E-state index is 13.7. The highest BCUT2D eigenvalue weighted by molar-refractivity contribution is 7.80. The third kappa shape index (κ3) is 3.81. The van der Waals surface area contributed by atoms with E-state index in [0.717, 1.165) is 69.9 Å². The fourth-order valence-electron chi connectivity index (χ4n) is 8.13. The highest BCUT2D eigenvalue weighted by atomic mass is 32.1. The van der Waals surface area contributed by atoms with Crippen LogP contribution in [0.3, 0.4) is 0 Å². The van der Waals surface area contributed by atoms with Crippen LogP contribution in [0.15, 0.2) is 11.0 Å². The third-order valence-electron chi connectivity index (χ3n) is 9.35. The summed E-state index contributed by atoms with van der Waals surface area (Å²) in [6.45, 7) is 0.642. The van der Waals surface area contributed by atoms with Gasteiger partial charge in [0, 0.05) is 23.4 Å². The molecule has 0 aromatic carbocycles. The number of carboxylic acid groups (broad SMARTS) is 1. The monoisotopic (exact) mass is 485 g/mol. The summed E-state index contributed by atoms with van der Waals surface area (Å²) in [5.41, 5.74) is 0.880. The van der Waals surface area contributed by atoms with E-state index >= 15 is 0 Å². The number of rotatable bonds is 5. The van der Waals surface area contributed by atoms with Crippen molar-refractivity contribution in [2.24, 2.45) is 17.8 Å². The number of carbonyl (C=O) groups is 2. The number of anilines is 1. The van der Waals surface area contributed by atoms with Gasteiger partial charge in [-0.25, -0.2) is 9.78 Å². The lowest BCUT2D eigenvalue weighted by molar-refractivity contribution is -0.138. The SMILES string of the molecule is O=C(NC1C2CC3CC1CC(O)(C3)C2)c1cc(S)c(N2CCC[C@H]2C(=O)O)nc1C1CCCC1. The third-order valence-corrected chi connectivity index (χ3v) is 9.68. The molecule has 5 aliphatic carbocycles. The summed E-state index contributed by atoms with van der Waals surface area (Å²) in [6.07, 6.45) is 10.4. The second-order valence-corrected chi connectivity index (χ2v) is 12.1. The topological polar surface area (TPSA) is 103 Å². The Morgan fingerprint density at radius 1 is 1.09 bits per heavy atom. The number of nitrogens with one attached hydrogen (secondary N) is 1. The van der Waals surface area contributed by atoms with Crippen molar-refractivity contribution >= 4 is 30.3 Å². The Morgan fingerprint density at radius 2 is 1.79 bits per heavy atom. The highest BCUT2D eigenvalue weighted by Gasteiger charge is 2.55. The van der Waals surface area contributed by atoms with E-state index in [1.165, 1.54) is 0 Å². The summed E-state index contributed by atoms with van der Waals surface area (Å²) in [6, 6.07) is 1.35. The lowest BCUT2D eigenvalue weighted by Crippen LogP contribution is -2.61. The number of carboxylic acids is 1. The second kappa shape index (κ2) is 8.40. The molecule has 184 valence electrons. The molecule has 2 heterocycles. The van der Waals surface area contributed by atoms with Crippen molar-refractivity contribution in [3.05, 3.63) is 17.3 Å². The van der Waals surface area contributed by atoms with Gasteiger partial charge in [-0.15, -0.1) is 12.6 Å². The largest absolute Gasteiger partial charge is 0.480 e. The Bertz CT molecular complexity index is 994. The van der Waals surface area contributed by atoms with Gasteiger partial charge in [0.2, 0.25) is 0 Å². The van der Waals surface area contributed by atoms with Gasteiger partial charge >= 0.3 is 5.97 Å². The molecule has 0 radical (unpaired) electrons. The van der Waals surface area contributed by atoms with Crippen LogP contribution >= 0.6 is 12.6 Å². The van der Waals surface area contributed by atoms with Crippen molar-refractivity contribution < 1.29 is 19.8 Å². The summed E-state index contributed by atoms with van der Waals surface area (Å²) >= 11 is 4.69. The zero-order valence-electron chi connectivity index (χ0n) is 19.6. The molecule has 3 atom stereocenters. The fourth-order valence-corrected chi connectivity index (χ4v) is 8.44. The molecule has 6 fully saturated rings. The minimum atomic E-state index is -0.834. The first-order valence-electron chi connectivity index (χ1n) is 13.1. The zero-order chi connectivity index (χ0) is 23.6. The number of aromatic nitrogens is 1. The smallest absolute Gasteiger partial charge is 0.326 e. The molecule has 8 heteroatoms. The molecule has 1 aliphatic heterocycles. The molecule has 3 N–H and O–H groups in total. The summed E-state index contributed by atoms with van der Waals surface area (Å²) in [4.78, 5) is 32.9. The van der Waals surface area contributed by atoms with Crippen molar-refractivity contribution in [1.29, 1.82) is 0 Å². The number of pyridine rings is 1. The van der Waals surface area contributed by atoms with Crippen molar-refractivity contribution in [2.45, 2.75) is 99.1 Å². The molecule has 7 rings (SSSR count). The lowest BCUT2D eigenvalue weighted by Gasteiger charge is -2.58. The highest BCUT2D eigenvalue weighted by Crippen LogP contribution is 2.55. The van der Waals surface area contributed by atoms with Gasteiger partial charge in [-0.1, -0.05) is 12.8 Å². The maximum atomic E-state index is 13.7. The number of aliphatic hydroxyl groups is 1. The van der Waals surface area contributed by atoms with Crippen molar-refractivity contribution in [2.75, 3.05) is 11.4 Å². The Hall–Kier alpha value is -1.80. The number of carbonyl (C=O) groups excluding carboxylic acids is 1. The van der Waals surface area contributed by atoms with E-state index in [0.29, 0.717) is 47.0 Å². The van der Waals surface area contributed by atoms with E-state index in [9.17, 15) is 19.8 Å². The maximum Gasteiger partial charge on any atom is 0.326 e. The van der Waals surface area contributed by atoms with Crippen LogP contribution in [0.5, 0.6) is 0 Å². The Morgan fingerprint density at radius 3 is 2.44 bits per heavy atom. The van der Waals surface area contributed by atoms with E-state index in [1.807, 2.05) is 11.0 Å². The fraction of sp³-hybridized carbons (Fsp3) is 0.731. The van der Waals surface area contributed by atoms with E-state index < -0.39 is 17.6 Å². The molecule has 6 aliphatic rings. The molecule has 2 unspecified atom stereocenters. The van der Waals surface area contributed by atoms with Crippen LogP contribution in [-0.2, 0) is 4.79 Å². The Balaban J connectivity index is 1.31. The molecular formula is C26H35N3O4S. The first kappa shape index (κ1) is 22.7. The van der Waals surface area contributed by atoms with E-state index in [2.05, 4.69) is 17.9 Å². The van der Waals surface area contributed by atoms with Gasteiger partial charge in [0.05, 0.1) is 16.9 Å². The van der Waals surface area contributed by atoms with Gasteiger partial charge in [-0.3, -0.25) is 4.79 Å². The van der Waals surface area contributed by atoms with Crippen LogP contribution in [0.4, 0.5) is 5.82 Å². The van der Waals surface area contributed by atoms with Crippen LogP contribution in [0.25, 0.3) is 0 Å².